The summed E-state index contributed by atoms with van der Waals surface area (Å²) in [4.78, 5) is -0.459. The summed E-state index contributed by atoms with van der Waals surface area (Å²) in [5, 5.41) is 8.97. The normalized spacial score (nSPS) is 16.0. The zero-order valence-electron chi connectivity index (χ0n) is 10.0. The van der Waals surface area contributed by atoms with Crippen LogP contribution in [0.15, 0.2) is 21.5 Å². The number of aliphatic hydroxyl groups excluding tert-OH is 1. The van der Waals surface area contributed by atoms with E-state index < -0.39 is 20.7 Å². The first kappa shape index (κ1) is 14.7. The lowest BCUT2D eigenvalue weighted by Gasteiger charge is -2.21. The molecule has 0 unspecified atom stereocenters. The highest BCUT2D eigenvalue weighted by atomic mass is 79.9. The van der Waals surface area contributed by atoms with Crippen LogP contribution in [-0.2, 0) is 10.0 Å². The number of halogens is 2. The lowest BCUT2D eigenvalue weighted by molar-refractivity contribution is 0.250. The minimum Gasteiger partial charge on any atom is -0.399 e. The van der Waals surface area contributed by atoms with Gasteiger partial charge in [-0.3, -0.25) is 0 Å². The number of anilines is 1. The molecule has 1 saturated carbocycles. The van der Waals surface area contributed by atoms with Gasteiger partial charge < -0.3 is 10.8 Å². The molecule has 1 aromatic carbocycles. The maximum absolute atomic E-state index is 14.0. The second kappa shape index (κ2) is 5.35. The number of nitrogens with two attached hydrogens (primary N) is 1. The summed E-state index contributed by atoms with van der Waals surface area (Å²) in [7, 11) is -3.99. The average molecular weight is 353 g/mol. The Balaban J connectivity index is 2.49. The van der Waals surface area contributed by atoms with E-state index in [2.05, 4.69) is 15.9 Å². The molecule has 1 aromatic rings. The van der Waals surface area contributed by atoms with Crippen LogP contribution >= 0.6 is 15.9 Å². The smallest absolute Gasteiger partial charge is 0.246 e. The van der Waals surface area contributed by atoms with Gasteiger partial charge in [0.15, 0.2) is 5.82 Å². The lowest BCUT2D eigenvalue weighted by atomic mass is 10.3. The van der Waals surface area contributed by atoms with Crippen molar-refractivity contribution in [1.29, 1.82) is 0 Å². The molecule has 0 amide bonds. The van der Waals surface area contributed by atoms with Crippen LogP contribution in [0, 0.1) is 5.82 Å². The summed E-state index contributed by atoms with van der Waals surface area (Å²) in [6.45, 7) is -0.348. The minimum absolute atomic E-state index is 0.00539. The molecule has 0 radical (unpaired) electrons. The Labute approximate surface area is 119 Å². The monoisotopic (exact) mass is 352 g/mol. The van der Waals surface area contributed by atoms with Gasteiger partial charge in [-0.2, -0.15) is 4.31 Å². The van der Waals surface area contributed by atoms with Gasteiger partial charge in [-0.15, -0.1) is 0 Å². The van der Waals surface area contributed by atoms with Crippen LogP contribution in [0.1, 0.15) is 12.8 Å². The molecule has 1 aliphatic carbocycles. The third kappa shape index (κ3) is 2.91. The van der Waals surface area contributed by atoms with E-state index in [1.165, 1.54) is 6.07 Å². The van der Waals surface area contributed by atoms with Crippen molar-refractivity contribution in [3.63, 3.8) is 0 Å². The van der Waals surface area contributed by atoms with Gasteiger partial charge in [0.05, 0.1) is 11.1 Å². The molecular formula is C11H14BrFN2O3S. The van der Waals surface area contributed by atoms with Crippen LogP contribution in [0.3, 0.4) is 0 Å². The molecular weight excluding hydrogens is 339 g/mol. The standard InChI is InChI=1S/C11H14BrFN2O3S/c12-9-5-7(14)6-10(11(9)13)19(17,18)15(3-4-16)8-1-2-8/h5-6,8,16H,1-4,14H2. The van der Waals surface area contributed by atoms with Crippen LogP contribution in [0.5, 0.6) is 0 Å². The summed E-state index contributed by atoms with van der Waals surface area (Å²) in [5.74, 6) is -0.863. The van der Waals surface area contributed by atoms with Crippen molar-refractivity contribution in [3.05, 3.63) is 22.4 Å². The van der Waals surface area contributed by atoms with Crippen LogP contribution in [-0.4, -0.2) is 37.0 Å². The second-order valence-electron chi connectivity index (χ2n) is 4.39. The highest BCUT2D eigenvalue weighted by Crippen LogP contribution is 2.34. The zero-order valence-corrected chi connectivity index (χ0v) is 12.4. The molecule has 0 atom stereocenters. The maximum Gasteiger partial charge on any atom is 0.246 e. The van der Waals surface area contributed by atoms with E-state index >= 15 is 0 Å². The fourth-order valence-corrected chi connectivity index (χ4v) is 4.27. The molecule has 5 nitrogen and oxygen atoms in total. The van der Waals surface area contributed by atoms with Gasteiger partial charge in [-0.05, 0) is 40.9 Å². The molecule has 1 fully saturated rings. The fraction of sp³-hybridized carbons (Fsp3) is 0.455. The van der Waals surface area contributed by atoms with E-state index in [1.54, 1.807) is 0 Å². The van der Waals surface area contributed by atoms with Gasteiger partial charge in [-0.1, -0.05) is 0 Å². The number of aliphatic hydroxyl groups is 1. The van der Waals surface area contributed by atoms with Crippen LogP contribution in [0.25, 0.3) is 0 Å². The Morgan fingerprint density at radius 3 is 2.63 bits per heavy atom. The molecule has 0 bridgehead atoms. The molecule has 1 aliphatic rings. The van der Waals surface area contributed by atoms with E-state index in [4.69, 9.17) is 10.8 Å². The molecule has 0 aromatic heterocycles. The Morgan fingerprint density at radius 2 is 2.11 bits per heavy atom. The first-order valence-electron chi connectivity index (χ1n) is 5.75. The van der Waals surface area contributed by atoms with E-state index in [0.717, 1.165) is 23.2 Å². The van der Waals surface area contributed by atoms with Crippen molar-refractivity contribution in [1.82, 2.24) is 4.31 Å². The Kier molecular flexibility index (Phi) is 4.14. The van der Waals surface area contributed by atoms with Crippen LogP contribution < -0.4 is 5.73 Å². The number of sulfonamides is 1. The fourth-order valence-electron chi connectivity index (χ4n) is 1.86. The molecule has 0 saturated heterocycles. The Bertz CT molecular complexity index is 590. The van der Waals surface area contributed by atoms with Gasteiger partial charge in [0.2, 0.25) is 10.0 Å². The lowest BCUT2D eigenvalue weighted by Crippen LogP contribution is -2.36. The molecule has 8 heteroatoms. The first-order chi connectivity index (χ1) is 8.87. The van der Waals surface area contributed by atoms with E-state index in [1.807, 2.05) is 0 Å². The maximum atomic E-state index is 14.0. The third-order valence-corrected chi connectivity index (χ3v) is 5.41. The van der Waals surface area contributed by atoms with Crippen molar-refractivity contribution in [2.45, 2.75) is 23.8 Å². The molecule has 0 aliphatic heterocycles. The first-order valence-corrected chi connectivity index (χ1v) is 7.98. The highest BCUT2D eigenvalue weighted by Gasteiger charge is 2.39. The molecule has 0 spiro atoms. The number of hydrogen-bond donors (Lipinski definition) is 2. The minimum atomic E-state index is -3.99. The van der Waals surface area contributed by atoms with Crippen molar-refractivity contribution in [2.24, 2.45) is 0 Å². The third-order valence-electron chi connectivity index (χ3n) is 2.88. The van der Waals surface area contributed by atoms with Gasteiger partial charge in [-0.25, -0.2) is 12.8 Å². The molecule has 3 N–H and O–H groups in total. The number of rotatable bonds is 5. The van der Waals surface area contributed by atoms with Crippen molar-refractivity contribution >= 4 is 31.6 Å². The summed E-state index contributed by atoms with van der Waals surface area (Å²) < 4.78 is 40.0. The van der Waals surface area contributed by atoms with Crippen LogP contribution in [0.4, 0.5) is 10.1 Å². The summed E-state index contributed by atoms with van der Waals surface area (Å²) >= 11 is 2.94. The molecule has 19 heavy (non-hydrogen) atoms. The predicted octanol–water partition coefficient (Wildman–Crippen LogP) is 1.32. The molecule has 2 rings (SSSR count). The van der Waals surface area contributed by atoms with Gasteiger partial charge in [0.25, 0.3) is 0 Å². The topological polar surface area (TPSA) is 83.6 Å². The van der Waals surface area contributed by atoms with Gasteiger partial charge >= 0.3 is 0 Å². The number of nitrogens with zero attached hydrogens (tertiary/aromatic N) is 1. The summed E-state index contributed by atoms with van der Waals surface area (Å²) in [6.07, 6.45) is 1.45. The highest BCUT2D eigenvalue weighted by molar-refractivity contribution is 9.10. The Morgan fingerprint density at radius 1 is 1.47 bits per heavy atom. The largest absolute Gasteiger partial charge is 0.399 e. The van der Waals surface area contributed by atoms with Crippen molar-refractivity contribution < 1.29 is 17.9 Å². The summed E-state index contributed by atoms with van der Waals surface area (Å²) in [6, 6.07) is 2.25. The van der Waals surface area contributed by atoms with Crippen molar-refractivity contribution in [2.75, 3.05) is 18.9 Å². The quantitative estimate of drug-likeness (QED) is 0.782. The van der Waals surface area contributed by atoms with Gasteiger partial charge in [0.1, 0.15) is 4.90 Å². The number of hydrogen-bond acceptors (Lipinski definition) is 4. The van der Waals surface area contributed by atoms with E-state index in [0.29, 0.717) is 0 Å². The van der Waals surface area contributed by atoms with E-state index in [9.17, 15) is 12.8 Å². The van der Waals surface area contributed by atoms with Crippen LogP contribution in [0.2, 0.25) is 0 Å². The SMILES string of the molecule is Nc1cc(Br)c(F)c(S(=O)(=O)N(CCO)C2CC2)c1. The average Bonchev–Trinajstić information content (AvgIpc) is 3.14. The molecule has 106 valence electrons. The second-order valence-corrected chi connectivity index (χ2v) is 7.10. The zero-order chi connectivity index (χ0) is 14.2. The number of nitrogen functional groups attached to an aromatic ring is 1. The number of benzene rings is 1. The van der Waals surface area contributed by atoms with Gasteiger partial charge in [0, 0.05) is 18.3 Å². The molecule has 0 heterocycles. The van der Waals surface area contributed by atoms with E-state index in [-0.39, 0.29) is 29.4 Å². The summed E-state index contributed by atoms with van der Waals surface area (Å²) in [5.41, 5.74) is 5.72. The van der Waals surface area contributed by atoms with Crippen molar-refractivity contribution in [3.8, 4) is 0 Å². The Hall–Kier alpha value is -0.700. The predicted molar refractivity (Wildman–Crippen MR) is 72.5 cm³/mol.